The minimum Gasteiger partial charge on any atom is -0.454 e. The number of hydrogen-bond donors (Lipinski definition) is 0. The van der Waals surface area contributed by atoms with Gasteiger partial charge in [0, 0.05) is 0 Å². The highest BCUT2D eigenvalue weighted by molar-refractivity contribution is 5.40. The second-order valence-corrected chi connectivity index (χ2v) is 5.64. The van der Waals surface area contributed by atoms with Crippen molar-refractivity contribution in [3.63, 3.8) is 0 Å². The number of rotatable bonds is 2. The largest absolute Gasteiger partial charge is 0.454 e. The molecule has 20 heavy (non-hydrogen) atoms. The van der Waals surface area contributed by atoms with Gasteiger partial charge in [-0.3, -0.25) is 0 Å². The van der Waals surface area contributed by atoms with Gasteiger partial charge in [-0.15, -0.1) is 0 Å². The number of benzene rings is 2. The first-order valence-electron chi connectivity index (χ1n) is 6.38. The highest BCUT2D eigenvalue weighted by atomic mass is 19.1. The van der Waals surface area contributed by atoms with Crippen molar-refractivity contribution in [2.45, 2.75) is 26.2 Å². The molecule has 0 aliphatic carbocycles. The number of halogens is 1. The van der Waals surface area contributed by atoms with Crippen LogP contribution in [0.4, 0.5) is 4.39 Å². The van der Waals surface area contributed by atoms with Crippen LogP contribution in [-0.2, 0) is 5.41 Å². The summed E-state index contributed by atoms with van der Waals surface area (Å²) in [7, 11) is 0. The SMILES string of the molecule is CC(C)(C)c1cccc(Oc2ccc(C#N)cc2F)c1. The summed E-state index contributed by atoms with van der Waals surface area (Å²) < 4.78 is 19.3. The molecule has 0 fully saturated rings. The van der Waals surface area contributed by atoms with Crippen molar-refractivity contribution < 1.29 is 9.13 Å². The van der Waals surface area contributed by atoms with Crippen molar-refractivity contribution in [3.05, 3.63) is 59.4 Å². The van der Waals surface area contributed by atoms with E-state index in [-0.39, 0.29) is 16.7 Å². The van der Waals surface area contributed by atoms with Crippen LogP contribution in [0.25, 0.3) is 0 Å². The van der Waals surface area contributed by atoms with Crippen molar-refractivity contribution in [3.8, 4) is 17.6 Å². The van der Waals surface area contributed by atoms with E-state index in [0.29, 0.717) is 5.75 Å². The fraction of sp³-hybridized carbons (Fsp3) is 0.235. The van der Waals surface area contributed by atoms with Crippen LogP contribution in [-0.4, -0.2) is 0 Å². The molecule has 0 saturated heterocycles. The zero-order valence-corrected chi connectivity index (χ0v) is 11.8. The molecule has 2 rings (SSSR count). The molecule has 0 spiro atoms. The van der Waals surface area contributed by atoms with Crippen molar-refractivity contribution in [1.82, 2.24) is 0 Å². The lowest BCUT2D eigenvalue weighted by atomic mass is 9.87. The first-order valence-corrected chi connectivity index (χ1v) is 6.38. The predicted octanol–water partition coefficient (Wildman–Crippen LogP) is 4.79. The highest BCUT2D eigenvalue weighted by Gasteiger charge is 2.14. The summed E-state index contributed by atoms with van der Waals surface area (Å²) in [4.78, 5) is 0. The van der Waals surface area contributed by atoms with E-state index in [9.17, 15) is 4.39 Å². The molecule has 0 unspecified atom stereocenters. The zero-order valence-electron chi connectivity index (χ0n) is 11.8. The van der Waals surface area contributed by atoms with Crippen LogP contribution >= 0.6 is 0 Å². The molecule has 0 heterocycles. The van der Waals surface area contributed by atoms with Crippen LogP contribution < -0.4 is 4.74 Å². The average molecular weight is 269 g/mol. The third-order valence-electron chi connectivity index (χ3n) is 2.99. The molecular formula is C17H16FNO. The molecule has 0 radical (unpaired) electrons. The maximum Gasteiger partial charge on any atom is 0.167 e. The summed E-state index contributed by atoms with van der Waals surface area (Å²) >= 11 is 0. The monoisotopic (exact) mass is 269 g/mol. The molecule has 0 bridgehead atoms. The van der Waals surface area contributed by atoms with Crippen LogP contribution in [0.5, 0.6) is 11.5 Å². The van der Waals surface area contributed by atoms with Crippen LogP contribution in [0, 0.1) is 17.1 Å². The Hall–Kier alpha value is -2.34. The van der Waals surface area contributed by atoms with Gasteiger partial charge in [-0.25, -0.2) is 4.39 Å². The maximum absolute atomic E-state index is 13.8. The standard InChI is InChI=1S/C17H16FNO/c1-17(2,3)13-5-4-6-14(10-13)20-16-8-7-12(11-19)9-15(16)18/h4-10H,1-3H3. The fourth-order valence-electron chi connectivity index (χ4n) is 1.81. The second kappa shape index (κ2) is 5.34. The zero-order chi connectivity index (χ0) is 14.8. The summed E-state index contributed by atoms with van der Waals surface area (Å²) in [6, 6.07) is 13.7. The van der Waals surface area contributed by atoms with E-state index in [1.54, 1.807) is 6.07 Å². The average Bonchev–Trinajstić information content (AvgIpc) is 2.40. The van der Waals surface area contributed by atoms with Crippen LogP contribution in [0.1, 0.15) is 31.9 Å². The van der Waals surface area contributed by atoms with E-state index in [2.05, 4.69) is 20.8 Å². The van der Waals surface area contributed by atoms with Gasteiger partial charge in [-0.05, 0) is 41.3 Å². The first kappa shape index (κ1) is 14.1. The van der Waals surface area contributed by atoms with E-state index in [1.807, 2.05) is 24.3 Å². The van der Waals surface area contributed by atoms with Crippen LogP contribution in [0.15, 0.2) is 42.5 Å². The Labute approximate surface area is 118 Å². The fourth-order valence-corrected chi connectivity index (χ4v) is 1.81. The van der Waals surface area contributed by atoms with Gasteiger partial charge in [-0.2, -0.15) is 5.26 Å². The lowest BCUT2D eigenvalue weighted by Gasteiger charge is -2.19. The number of nitrogens with zero attached hydrogens (tertiary/aromatic N) is 1. The van der Waals surface area contributed by atoms with Crippen molar-refractivity contribution >= 4 is 0 Å². The van der Waals surface area contributed by atoms with Crippen LogP contribution in [0.3, 0.4) is 0 Å². The van der Waals surface area contributed by atoms with E-state index < -0.39 is 5.82 Å². The Bertz CT molecular complexity index is 665. The topological polar surface area (TPSA) is 33.0 Å². The lowest BCUT2D eigenvalue weighted by molar-refractivity contribution is 0.440. The molecule has 0 amide bonds. The molecule has 2 nitrogen and oxygen atoms in total. The summed E-state index contributed by atoms with van der Waals surface area (Å²) in [6.07, 6.45) is 0. The van der Waals surface area contributed by atoms with Gasteiger partial charge in [-0.1, -0.05) is 32.9 Å². The normalized spacial score (nSPS) is 10.9. The summed E-state index contributed by atoms with van der Waals surface area (Å²) in [5.74, 6) is 0.168. The third kappa shape index (κ3) is 3.16. The number of ether oxygens (including phenoxy) is 1. The molecule has 0 saturated carbocycles. The van der Waals surface area contributed by atoms with Gasteiger partial charge in [0.1, 0.15) is 5.75 Å². The van der Waals surface area contributed by atoms with Gasteiger partial charge in [0.15, 0.2) is 11.6 Å². The van der Waals surface area contributed by atoms with Crippen molar-refractivity contribution in [2.24, 2.45) is 0 Å². The van der Waals surface area contributed by atoms with Gasteiger partial charge in [0.05, 0.1) is 11.6 Å². The molecule has 2 aromatic carbocycles. The van der Waals surface area contributed by atoms with Crippen molar-refractivity contribution in [1.29, 1.82) is 5.26 Å². The Morgan fingerprint density at radius 1 is 1.10 bits per heavy atom. The van der Waals surface area contributed by atoms with Gasteiger partial charge in [0.25, 0.3) is 0 Å². The van der Waals surface area contributed by atoms with E-state index in [4.69, 9.17) is 10.00 Å². The summed E-state index contributed by atoms with van der Waals surface area (Å²) in [5.41, 5.74) is 1.39. The smallest absolute Gasteiger partial charge is 0.167 e. The molecular weight excluding hydrogens is 253 g/mol. The molecule has 0 atom stereocenters. The van der Waals surface area contributed by atoms with Crippen LogP contribution in [0.2, 0.25) is 0 Å². The second-order valence-electron chi connectivity index (χ2n) is 5.64. The van der Waals surface area contributed by atoms with Gasteiger partial charge in [0.2, 0.25) is 0 Å². The number of nitriles is 1. The Kier molecular flexibility index (Phi) is 3.76. The molecule has 2 aromatic rings. The summed E-state index contributed by atoms with van der Waals surface area (Å²) in [5, 5.41) is 8.71. The molecule has 0 aliphatic rings. The van der Waals surface area contributed by atoms with Gasteiger partial charge < -0.3 is 4.74 Å². The molecule has 0 aromatic heterocycles. The van der Waals surface area contributed by atoms with E-state index >= 15 is 0 Å². The quantitative estimate of drug-likeness (QED) is 0.785. The van der Waals surface area contributed by atoms with Gasteiger partial charge >= 0.3 is 0 Å². The first-order chi connectivity index (χ1) is 9.40. The molecule has 102 valence electrons. The Morgan fingerprint density at radius 3 is 2.45 bits per heavy atom. The van der Waals surface area contributed by atoms with Crippen molar-refractivity contribution in [2.75, 3.05) is 0 Å². The highest BCUT2D eigenvalue weighted by Crippen LogP contribution is 2.29. The Morgan fingerprint density at radius 2 is 1.85 bits per heavy atom. The molecule has 3 heteroatoms. The lowest BCUT2D eigenvalue weighted by Crippen LogP contribution is -2.10. The molecule has 0 aliphatic heterocycles. The summed E-state index contributed by atoms with van der Waals surface area (Å²) in [6.45, 7) is 6.32. The van der Waals surface area contributed by atoms with E-state index in [0.717, 1.165) is 5.56 Å². The minimum absolute atomic E-state index is 0.00256. The molecule has 0 N–H and O–H groups in total. The minimum atomic E-state index is -0.537. The third-order valence-corrected chi connectivity index (χ3v) is 2.99. The predicted molar refractivity (Wildman–Crippen MR) is 76.3 cm³/mol. The maximum atomic E-state index is 13.8. The Balaban J connectivity index is 2.29. The number of hydrogen-bond acceptors (Lipinski definition) is 2. The van der Waals surface area contributed by atoms with E-state index in [1.165, 1.54) is 18.2 Å².